The summed E-state index contributed by atoms with van der Waals surface area (Å²) in [5, 5.41) is 13.6. The lowest BCUT2D eigenvalue weighted by Gasteiger charge is -2.15. The Kier molecular flexibility index (Phi) is 7.32. The van der Waals surface area contributed by atoms with Gasteiger partial charge in [0.1, 0.15) is 6.61 Å². The van der Waals surface area contributed by atoms with E-state index in [2.05, 4.69) is 5.32 Å². The first-order valence-electron chi connectivity index (χ1n) is 8.87. The molecule has 0 bridgehead atoms. The van der Waals surface area contributed by atoms with Gasteiger partial charge >= 0.3 is 5.97 Å². The molecule has 5 nitrogen and oxygen atoms in total. The maximum absolute atomic E-state index is 10.9. The third-order valence-corrected chi connectivity index (χ3v) is 5.17. The number of anilines is 1. The van der Waals surface area contributed by atoms with Gasteiger partial charge in [-0.05, 0) is 54.1 Å². The Morgan fingerprint density at radius 2 is 1.73 bits per heavy atom. The third kappa shape index (κ3) is 5.51. The quantitative estimate of drug-likeness (QED) is 0.394. The van der Waals surface area contributed by atoms with E-state index in [0.717, 1.165) is 16.8 Å². The minimum absolute atomic E-state index is 0.208. The fourth-order valence-corrected chi connectivity index (χ4v) is 3.49. The number of aromatic carboxylic acids is 1. The average Bonchev–Trinajstić information content (AvgIpc) is 2.72. The highest BCUT2D eigenvalue weighted by atomic mass is 35.5. The summed E-state index contributed by atoms with van der Waals surface area (Å²) in [4.78, 5) is 10.9. The van der Waals surface area contributed by atoms with E-state index in [-0.39, 0.29) is 12.2 Å². The van der Waals surface area contributed by atoms with Gasteiger partial charge in [0.05, 0.1) is 17.7 Å². The molecule has 2 N–H and O–H groups in total. The Labute approximate surface area is 189 Å². The van der Waals surface area contributed by atoms with Crippen molar-refractivity contribution in [3.63, 3.8) is 0 Å². The lowest BCUT2D eigenvalue weighted by Crippen LogP contribution is -2.03. The number of hydrogen-bond donors (Lipinski definition) is 2. The number of hydrogen-bond acceptors (Lipinski definition) is 4. The average molecular weight is 467 g/mol. The van der Waals surface area contributed by atoms with Crippen LogP contribution < -0.4 is 14.8 Å². The van der Waals surface area contributed by atoms with Crippen molar-refractivity contribution in [1.29, 1.82) is 0 Å². The second-order valence-electron chi connectivity index (χ2n) is 6.37. The Morgan fingerprint density at radius 1 is 1.00 bits per heavy atom. The van der Waals surface area contributed by atoms with Gasteiger partial charge in [-0.1, -0.05) is 40.9 Å². The number of halogens is 3. The zero-order chi connectivity index (χ0) is 21.7. The summed E-state index contributed by atoms with van der Waals surface area (Å²) >= 11 is 18.5. The monoisotopic (exact) mass is 465 g/mol. The van der Waals surface area contributed by atoms with Crippen molar-refractivity contribution in [2.75, 3.05) is 12.4 Å². The molecule has 3 aromatic rings. The van der Waals surface area contributed by atoms with Crippen LogP contribution >= 0.6 is 34.8 Å². The fraction of sp³-hybridized carbons (Fsp3) is 0.136. The molecule has 0 aliphatic carbocycles. The van der Waals surface area contributed by atoms with Gasteiger partial charge in [0.2, 0.25) is 0 Å². The highest BCUT2D eigenvalue weighted by Gasteiger charge is 2.13. The highest BCUT2D eigenvalue weighted by Crippen LogP contribution is 2.37. The van der Waals surface area contributed by atoms with Crippen molar-refractivity contribution < 1.29 is 19.4 Å². The molecule has 8 heteroatoms. The minimum atomic E-state index is -0.964. The molecule has 0 heterocycles. The summed E-state index contributed by atoms with van der Waals surface area (Å²) < 4.78 is 11.3. The number of rotatable bonds is 8. The van der Waals surface area contributed by atoms with Gasteiger partial charge in [0.15, 0.2) is 11.5 Å². The minimum Gasteiger partial charge on any atom is -0.493 e. The largest absolute Gasteiger partial charge is 0.493 e. The van der Waals surface area contributed by atoms with Crippen LogP contribution in [0.15, 0.2) is 54.6 Å². The molecule has 0 saturated carbocycles. The standard InChI is InChI=1S/C22H18Cl3NO4/c1-29-20-9-13(11-26-17-6-3-14(4-7-17)22(27)28)8-19(25)21(20)30-12-15-2-5-16(23)10-18(15)24/h2-10,26H,11-12H2,1H3,(H,27,28). The maximum Gasteiger partial charge on any atom is 0.335 e. The summed E-state index contributed by atoms with van der Waals surface area (Å²) in [7, 11) is 1.54. The molecular formula is C22H18Cl3NO4. The molecule has 0 unspecified atom stereocenters. The first-order valence-corrected chi connectivity index (χ1v) is 10.0. The van der Waals surface area contributed by atoms with Crippen molar-refractivity contribution in [3.8, 4) is 11.5 Å². The molecule has 30 heavy (non-hydrogen) atoms. The first kappa shape index (κ1) is 22.1. The van der Waals surface area contributed by atoms with E-state index in [1.807, 2.05) is 6.07 Å². The number of nitrogens with one attached hydrogen (secondary N) is 1. The Hall–Kier alpha value is -2.60. The van der Waals surface area contributed by atoms with Crippen molar-refractivity contribution in [2.24, 2.45) is 0 Å². The maximum atomic E-state index is 10.9. The third-order valence-electron chi connectivity index (χ3n) is 4.30. The van der Waals surface area contributed by atoms with E-state index >= 15 is 0 Å². The summed E-state index contributed by atoms with van der Waals surface area (Å²) in [6.07, 6.45) is 0. The Morgan fingerprint density at radius 3 is 2.37 bits per heavy atom. The molecule has 156 valence electrons. The molecule has 0 aliphatic heterocycles. The fourth-order valence-electron chi connectivity index (χ4n) is 2.74. The first-order chi connectivity index (χ1) is 14.4. The number of carbonyl (C=O) groups is 1. The van der Waals surface area contributed by atoms with Crippen LogP contribution in [0, 0.1) is 0 Å². The van der Waals surface area contributed by atoms with Crippen LogP contribution in [-0.2, 0) is 13.2 Å². The van der Waals surface area contributed by atoms with E-state index in [1.165, 1.54) is 19.2 Å². The SMILES string of the molecule is COc1cc(CNc2ccc(C(=O)O)cc2)cc(Cl)c1OCc1ccc(Cl)cc1Cl. The van der Waals surface area contributed by atoms with E-state index in [1.54, 1.807) is 36.4 Å². The summed E-state index contributed by atoms with van der Waals surface area (Å²) in [6, 6.07) is 15.3. The van der Waals surface area contributed by atoms with Crippen LogP contribution in [0.25, 0.3) is 0 Å². The summed E-state index contributed by atoms with van der Waals surface area (Å²) in [6.45, 7) is 0.672. The van der Waals surface area contributed by atoms with E-state index in [0.29, 0.717) is 33.1 Å². The Bertz CT molecular complexity index is 1050. The number of carboxylic acids is 1. The molecule has 0 fully saturated rings. The van der Waals surface area contributed by atoms with Gasteiger partial charge in [0.25, 0.3) is 0 Å². The van der Waals surface area contributed by atoms with Crippen molar-refractivity contribution in [2.45, 2.75) is 13.2 Å². The van der Waals surface area contributed by atoms with E-state index in [4.69, 9.17) is 49.4 Å². The molecule has 3 aromatic carbocycles. The molecule has 0 spiro atoms. The van der Waals surface area contributed by atoms with Crippen molar-refractivity contribution in [1.82, 2.24) is 0 Å². The second kappa shape index (κ2) is 9.94. The zero-order valence-electron chi connectivity index (χ0n) is 15.9. The molecular weight excluding hydrogens is 449 g/mol. The lowest BCUT2D eigenvalue weighted by atomic mass is 10.1. The van der Waals surface area contributed by atoms with Gasteiger partial charge in [-0.3, -0.25) is 0 Å². The van der Waals surface area contributed by atoms with Crippen LogP contribution in [0.1, 0.15) is 21.5 Å². The van der Waals surface area contributed by atoms with Gasteiger partial charge in [-0.25, -0.2) is 4.79 Å². The topological polar surface area (TPSA) is 67.8 Å². The van der Waals surface area contributed by atoms with Crippen LogP contribution in [0.4, 0.5) is 5.69 Å². The van der Waals surface area contributed by atoms with Crippen molar-refractivity contribution in [3.05, 3.63) is 86.4 Å². The van der Waals surface area contributed by atoms with E-state index in [9.17, 15) is 4.79 Å². The van der Waals surface area contributed by atoms with Gasteiger partial charge in [-0.15, -0.1) is 0 Å². The number of carboxylic acid groups (broad SMARTS) is 1. The summed E-state index contributed by atoms with van der Waals surface area (Å²) in [5.41, 5.74) is 2.66. The summed E-state index contributed by atoms with van der Waals surface area (Å²) in [5.74, 6) is -0.0566. The molecule has 3 rings (SSSR count). The highest BCUT2D eigenvalue weighted by molar-refractivity contribution is 6.35. The predicted molar refractivity (Wildman–Crippen MR) is 120 cm³/mol. The van der Waals surface area contributed by atoms with Crippen LogP contribution in [0.2, 0.25) is 15.1 Å². The zero-order valence-corrected chi connectivity index (χ0v) is 18.2. The smallest absolute Gasteiger partial charge is 0.335 e. The number of ether oxygens (including phenoxy) is 2. The van der Waals surface area contributed by atoms with Crippen LogP contribution in [0.3, 0.4) is 0 Å². The second-order valence-corrected chi connectivity index (χ2v) is 7.62. The lowest BCUT2D eigenvalue weighted by molar-refractivity contribution is 0.0697. The normalized spacial score (nSPS) is 10.5. The molecule has 0 aromatic heterocycles. The van der Waals surface area contributed by atoms with Crippen LogP contribution in [0.5, 0.6) is 11.5 Å². The molecule has 0 amide bonds. The van der Waals surface area contributed by atoms with Gasteiger partial charge in [-0.2, -0.15) is 0 Å². The number of methoxy groups -OCH3 is 1. The van der Waals surface area contributed by atoms with Crippen molar-refractivity contribution >= 4 is 46.5 Å². The molecule has 0 atom stereocenters. The Balaban J connectivity index is 1.70. The molecule has 0 saturated heterocycles. The molecule has 0 aliphatic rings. The van der Waals surface area contributed by atoms with E-state index < -0.39 is 5.97 Å². The predicted octanol–water partition coefficient (Wildman–Crippen LogP) is 6.54. The van der Waals surface area contributed by atoms with Gasteiger partial charge in [0, 0.05) is 27.8 Å². The van der Waals surface area contributed by atoms with Crippen LogP contribution in [-0.4, -0.2) is 18.2 Å². The number of benzene rings is 3. The van der Waals surface area contributed by atoms with Gasteiger partial charge < -0.3 is 19.9 Å². The molecule has 0 radical (unpaired) electrons.